The molecule has 2 rings (SSSR count). The van der Waals surface area contributed by atoms with Gasteiger partial charge in [0, 0.05) is 12.8 Å². The molecule has 0 unspecified atom stereocenters. The second-order valence-corrected chi connectivity index (χ2v) is 4.07. The SMILES string of the molecule is COCCc1ccccc1N1CC(=O)CC1=O. The number of amides is 1. The van der Waals surface area contributed by atoms with Crippen molar-refractivity contribution in [2.45, 2.75) is 12.8 Å². The van der Waals surface area contributed by atoms with Gasteiger partial charge in [-0.15, -0.1) is 0 Å². The summed E-state index contributed by atoms with van der Waals surface area (Å²) in [6, 6.07) is 7.64. The molecule has 1 fully saturated rings. The zero-order valence-electron chi connectivity index (χ0n) is 9.81. The molecular formula is C13H15NO3. The van der Waals surface area contributed by atoms with Crippen molar-refractivity contribution in [1.29, 1.82) is 0 Å². The Balaban J connectivity index is 2.25. The summed E-state index contributed by atoms with van der Waals surface area (Å²) >= 11 is 0. The standard InChI is InChI=1S/C13H15NO3/c1-17-7-6-10-4-2-3-5-12(10)14-9-11(15)8-13(14)16/h2-5H,6-9H2,1H3. The molecule has 90 valence electrons. The van der Waals surface area contributed by atoms with E-state index >= 15 is 0 Å². The average Bonchev–Trinajstić information content (AvgIpc) is 2.66. The average molecular weight is 233 g/mol. The second-order valence-electron chi connectivity index (χ2n) is 4.07. The number of Topliss-reactive ketones (excluding diaryl/α,β-unsaturated/α-hetero) is 1. The van der Waals surface area contributed by atoms with Crippen LogP contribution in [0.2, 0.25) is 0 Å². The molecule has 1 aliphatic heterocycles. The predicted molar refractivity (Wildman–Crippen MR) is 64.0 cm³/mol. The number of nitrogens with zero attached hydrogens (tertiary/aromatic N) is 1. The highest BCUT2D eigenvalue weighted by Gasteiger charge is 2.29. The van der Waals surface area contributed by atoms with E-state index in [-0.39, 0.29) is 24.7 Å². The number of rotatable bonds is 4. The molecule has 0 N–H and O–H groups in total. The van der Waals surface area contributed by atoms with Crippen molar-refractivity contribution in [2.75, 3.05) is 25.2 Å². The van der Waals surface area contributed by atoms with Crippen molar-refractivity contribution in [1.82, 2.24) is 0 Å². The minimum atomic E-state index is -0.111. The van der Waals surface area contributed by atoms with Crippen molar-refractivity contribution in [2.24, 2.45) is 0 Å². The summed E-state index contributed by atoms with van der Waals surface area (Å²) in [6.45, 7) is 0.801. The molecule has 17 heavy (non-hydrogen) atoms. The number of anilines is 1. The monoisotopic (exact) mass is 233 g/mol. The third kappa shape index (κ3) is 2.53. The Hall–Kier alpha value is -1.68. The van der Waals surface area contributed by atoms with Crippen LogP contribution in [0.3, 0.4) is 0 Å². The highest BCUT2D eigenvalue weighted by molar-refractivity contribution is 6.15. The predicted octanol–water partition coefficient (Wildman–Crippen LogP) is 1.18. The first-order valence-electron chi connectivity index (χ1n) is 5.61. The number of ether oxygens (including phenoxy) is 1. The van der Waals surface area contributed by atoms with Crippen LogP contribution in [0.5, 0.6) is 0 Å². The van der Waals surface area contributed by atoms with Gasteiger partial charge in [0.2, 0.25) is 5.91 Å². The van der Waals surface area contributed by atoms with Crippen LogP contribution in [0.25, 0.3) is 0 Å². The van der Waals surface area contributed by atoms with Gasteiger partial charge in [-0.25, -0.2) is 0 Å². The van der Waals surface area contributed by atoms with Gasteiger partial charge < -0.3 is 9.64 Å². The van der Waals surface area contributed by atoms with Crippen LogP contribution in [0.15, 0.2) is 24.3 Å². The number of ketones is 1. The lowest BCUT2D eigenvalue weighted by Gasteiger charge is -2.18. The van der Waals surface area contributed by atoms with Gasteiger partial charge in [0.1, 0.15) is 0 Å². The number of hydrogen-bond donors (Lipinski definition) is 0. The molecule has 0 radical (unpaired) electrons. The van der Waals surface area contributed by atoms with Crippen LogP contribution < -0.4 is 4.90 Å². The highest BCUT2D eigenvalue weighted by atomic mass is 16.5. The van der Waals surface area contributed by atoms with Crippen molar-refractivity contribution in [3.8, 4) is 0 Å². The van der Waals surface area contributed by atoms with Crippen molar-refractivity contribution in [3.63, 3.8) is 0 Å². The number of carbonyl (C=O) groups excluding carboxylic acids is 2. The van der Waals surface area contributed by atoms with Crippen LogP contribution in [-0.4, -0.2) is 32.0 Å². The molecular weight excluding hydrogens is 218 g/mol. The van der Waals surface area contributed by atoms with Crippen LogP contribution in [0.4, 0.5) is 5.69 Å². The quantitative estimate of drug-likeness (QED) is 0.734. The Bertz CT molecular complexity index is 442. The Morgan fingerprint density at radius 1 is 1.29 bits per heavy atom. The van der Waals surface area contributed by atoms with Gasteiger partial charge in [0.25, 0.3) is 0 Å². The summed E-state index contributed by atoms with van der Waals surface area (Å²) < 4.78 is 5.04. The molecule has 1 heterocycles. The van der Waals surface area contributed by atoms with E-state index in [1.165, 1.54) is 0 Å². The molecule has 4 heteroatoms. The van der Waals surface area contributed by atoms with E-state index in [1.54, 1.807) is 12.0 Å². The Morgan fingerprint density at radius 2 is 2.06 bits per heavy atom. The number of methoxy groups -OCH3 is 1. The normalized spacial score (nSPS) is 15.7. The molecule has 1 aliphatic rings. The maximum Gasteiger partial charge on any atom is 0.234 e. The third-order valence-electron chi connectivity index (χ3n) is 2.84. The second kappa shape index (κ2) is 5.10. The van der Waals surface area contributed by atoms with Gasteiger partial charge in [0.15, 0.2) is 5.78 Å². The van der Waals surface area contributed by atoms with Crippen LogP contribution >= 0.6 is 0 Å². The molecule has 1 aromatic rings. The van der Waals surface area contributed by atoms with Crippen molar-refractivity contribution in [3.05, 3.63) is 29.8 Å². The lowest BCUT2D eigenvalue weighted by molar-refractivity contribution is -0.121. The van der Waals surface area contributed by atoms with E-state index in [0.717, 1.165) is 17.7 Å². The van der Waals surface area contributed by atoms with E-state index in [1.807, 2.05) is 24.3 Å². The molecule has 1 aromatic carbocycles. The van der Waals surface area contributed by atoms with E-state index in [9.17, 15) is 9.59 Å². The molecule has 1 saturated heterocycles. The Labute approximate surface area is 100 Å². The molecule has 0 aliphatic carbocycles. The first-order chi connectivity index (χ1) is 8.22. The summed E-state index contributed by atoms with van der Waals surface area (Å²) in [5, 5.41) is 0. The summed E-state index contributed by atoms with van der Waals surface area (Å²) in [6.07, 6.45) is 0.767. The van der Waals surface area contributed by atoms with Gasteiger partial charge in [-0.1, -0.05) is 18.2 Å². The zero-order chi connectivity index (χ0) is 12.3. The van der Waals surface area contributed by atoms with Crippen molar-refractivity contribution >= 4 is 17.4 Å². The highest BCUT2D eigenvalue weighted by Crippen LogP contribution is 2.24. The first-order valence-corrected chi connectivity index (χ1v) is 5.61. The fourth-order valence-corrected chi connectivity index (χ4v) is 2.00. The Kier molecular flexibility index (Phi) is 3.54. The topological polar surface area (TPSA) is 46.6 Å². The molecule has 1 amide bonds. The number of hydrogen-bond acceptors (Lipinski definition) is 3. The zero-order valence-corrected chi connectivity index (χ0v) is 9.81. The van der Waals surface area contributed by atoms with Gasteiger partial charge in [-0.3, -0.25) is 9.59 Å². The lowest BCUT2D eigenvalue weighted by Crippen LogP contribution is -2.25. The van der Waals surface area contributed by atoms with Crippen molar-refractivity contribution < 1.29 is 14.3 Å². The van der Waals surface area contributed by atoms with Gasteiger partial charge in [-0.05, 0) is 18.1 Å². The van der Waals surface area contributed by atoms with E-state index in [0.29, 0.717) is 6.61 Å². The van der Waals surface area contributed by atoms with E-state index < -0.39 is 0 Å². The van der Waals surface area contributed by atoms with Gasteiger partial charge in [-0.2, -0.15) is 0 Å². The molecule has 0 bridgehead atoms. The number of carbonyl (C=O) groups is 2. The maximum absolute atomic E-state index is 11.7. The van der Waals surface area contributed by atoms with Gasteiger partial charge in [0.05, 0.1) is 19.6 Å². The summed E-state index contributed by atoms with van der Waals surface area (Å²) in [7, 11) is 1.65. The number of benzene rings is 1. The number of para-hydroxylation sites is 1. The molecule has 0 atom stereocenters. The van der Waals surface area contributed by atoms with Crippen LogP contribution in [0, 0.1) is 0 Å². The van der Waals surface area contributed by atoms with Crippen LogP contribution in [-0.2, 0) is 20.7 Å². The fraction of sp³-hybridized carbons (Fsp3) is 0.385. The summed E-state index contributed by atoms with van der Waals surface area (Å²) in [5.74, 6) is -0.128. The summed E-state index contributed by atoms with van der Waals surface area (Å²) in [5.41, 5.74) is 1.87. The minimum Gasteiger partial charge on any atom is -0.384 e. The molecule has 0 saturated carbocycles. The first kappa shape index (κ1) is 11.8. The van der Waals surface area contributed by atoms with Crippen LogP contribution in [0.1, 0.15) is 12.0 Å². The minimum absolute atomic E-state index is 0.0171. The summed E-state index contributed by atoms with van der Waals surface area (Å²) in [4.78, 5) is 24.5. The van der Waals surface area contributed by atoms with E-state index in [2.05, 4.69) is 0 Å². The molecule has 4 nitrogen and oxygen atoms in total. The smallest absolute Gasteiger partial charge is 0.234 e. The fourth-order valence-electron chi connectivity index (χ4n) is 2.00. The Morgan fingerprint density at radius 3 is 2.71 bits per heavy atom. The molecule has 0 aromatic heterocycles. The maximum atomic E-state index is 11.7. The van der Waals surface area contributed by atoms with E-state index in [4.69, 9.17) is 4.74 Å². The molecule has 0 spiro atoms. The largest absolute Gasteiger partial charge is 0.384 e. The van der Waals surface area contributed by atoms with Gasteiger partial charge >= 0.3 is 0 Å². The lowest BCUT2D eigenvalue weighted by atomic mass is 10.1. The third-order valence-corrected chi connectivity index (χ3v) is 2.84.